The average molecular weight is 383 g/mol. The standard InChI is InChI=1S/C18H24F3N5O/c1-12-14(13(2)26(4)25-12)11-24-17(22-3)23-9-10-27-16-8-6-5-7-15(16)18(19,20)21/h5-8H,9-11H2,1-4H3,(H2,22,23,24). The van der Waals surface area contributed by atoms with Crippen molar-refractivity contribution in [3.63, 3.8) is 0 Å². The summed E-state index contributed by atoms with van der Waals surface area (Å²) in [5.74, 6) is 0.349. The zero-order valence-corrected chi connectivity index (χ0v) is 15.8. The third kappa shape index (κ3) is 5.38. The third-order valence-electron chi connectivity index (χ3n) is 4.16. The van der Waals surface area contributed by atoms with Crippen molar-refractivity contribution in [3.05, 3.63) is 46.8 Å². The highest BCUT2D eigenvalue weighted by molar-refractivity contribution is 5.79. The number of benzene rings is 1. The summed E-state index contributed by atoms with van der Waals surface area (Å²) in [5, 5.41) is 10.5. The van der Waals surface area contributed by atoms with Gasteiger partial charge in [-0.3, -0.25) is 9.67 Å². The van der Waals surface area contributed by atoms with Gasteiger partial charge in [0.25, 0.3) is 0 Å². The molecule has 0 saturated carbocycles. The number of halogens is 3. The van der Waals surface area contributed by atoms with E-state index < -0.39 is 11.7 Å². The van der Waals surface area contributed by atoms with E-state index in [9.17, 15) is 13.2 Å². The van der Waals surface area contributed by atoms with Crippen LogP contribution in [0.25, 0.3) is 0 Å². The number of nitrogens with one attached hydrogen (secondary N) is 2. The lowest BCUT2D eigenvalue weighted by molar-refractivity contribution is -0.138. The van der Waals surface area contributed by atoms with Gasteiger partial charge in [-0.15, -0.1) is 0 Å². The van der Waals surface area contributed by atoms with E-state index in [2.05, 4.69) is 20.7 Å². The summed E-state index contributed by atoms with van der Waals surface area (Å²) in [6.45, 7) is 4.84. The third-order valence-corrected chi connectivity index (χ3v) is 4.16. The van der Waals surface area contributed by atoms with Crippen LogP contribution >= 0.6 is 0 Å². The molecule has 0 atom stereocenters. The van der Waals surface area contributed by atoms with Crippen LogP contribution in [0.1, 0.15) is 22.5 Å². The number of para-hydroxylation sites is 1. The highest BCUT2D eigenvalue weighted by atomic mass is 19.4. The van der Waals surface area contributed by atoms with Crippen molar-refractivity contribution < 1.29 is 17.9 Å². The van der Waals surface area contributed by atoms with Crippen LogP contribution < -0.4 is 15.4 Å². The molecule has 2 N–H and O–H groups in total. The maximum Gasteiger partial charge on any atom is 0.419 e. The molecule has 0 fully saturated rings. The molecule has 0 amide bonds. The van der Waals surface area contributed by atoms with E-state index >= 15 is 0 Å². The molecule has 1 heterocycles. The number of guanidine groups is 1. The van der Waals surface area contributed by atoms with Crippen molar-refractivity contribution in [2.45, 2.75) is 26.6 Å². The molecule has 0 spiro atoms. The summed E-state index contributed by atoms with van der Waals surface area (Å²) >= 11 is 0. The van der Waals surface area contributed by atoms with Gasteiger partial charge in [0.15, 0.2) is 5.96 Å². The Kier molecular flexibility index (Phi) is 6.70. The van der Waals surface area contributed by atoms with E-state index in [1.54, 1.807) is 7.05 Å². The Bertz CT molecular complexity index is 799. The summed E-state index contributed by atoms with van der Waals surface area (Å²) in [4.78, 5) is 4.10. The quantitative estimate of drug-likeness (QED) is 0.457. The van der Waals surface area contributed by atoms with Gasteiger partial charge in [-0.1, -0.05) is 12.1 Å². The molecule has 148 valence electrons. The Morgan fingerprint density at radius 2 is 1.93 bits per heavy atom. The summed E-state index contributed by atoms with van der Waals surface area (Å²) in [6.07, 6.45) is -4.44. The molecule has 2 aromatic rings. The maximum atomic E-state index is 12.9. The van der Waals surface area contributed by atoms with E-state index in [0.29, 0.717) is 19.0 Å². The average Bonchev–Trinajstić information content (AvgIpc) is 2.86. The number of aliphatic imine (C=N–C) groups is 1. The fraction of sp³-hybridized carbons (Fsp3) is 0.444. The predicted molar refractivity (Wildman–Crippen MR) is 97.8 cm³/mol. The maximum absolute atomic E-state index is 12.9. The second-order valence-corrected chi connectivity index (χ2v) is 5.97. The minimum atomic E-state index is -4.44. The molecular weight excluding hydrogens is 359 g/mol. The van der Waals surface area contributed by atoms with Gasteiger partial charge in [0.05, 0.1) is 17.8 Å². The number of hydrogen-bond donors (Lipinski definition) is 2. The second-order valence-electron chi connectivity index (χ2n) is 5.97. The van der Waals surface area contributed by atoms with E-state index in [-0.39, 0.29) is 12.4 Å². The van der Waals surface area contributed by atoms with Gasteiger partial charge in [0.1, 0.15) is 12.4 Å². The van der Waals surface area contributed by atoms with Crippen molar-refractivity contribution >= 4 is 5.96 Å². The predicted octanol–water partition coefficient (Wildman–Crippen LogP) is 2.80. The van der Waals surface area contributed by atoms with Gasteiger partial charge in [0.2, 0.25) is 0 Å². The molecule has 0 aliphatic carbocycles. The first kappa shape index (κ1) is 20.6. The molecule has 27 heavy (non-hydrogen) atoms. The molecule has 1 aromatic carbocycles. The first-order chi connectivity index (χ1) is 12.7. The minimum absolute atomic E-state index is 0.0682. The Morgan fingerprint density at radius 1 is 1.22 bits per heavy atom. The summed E-state index contributed by atoms with van der Waals surface area (Å²) < 4.78 is 45.9. The van der Waals surface area contributed by atoms with Crippen molar-refractivity contribution in [1.82, 2.24) is 20.4 Å². The van der Waals surface area contributed by atoms with E-state index in [0.717, 1.165) is 23.0 Å². The first-order valence-electron chi connectivity index (χ1n) is 8.46. The molecule has 0 unspecified atom stereocenters. The summed E-state index contributed by atoms with van der Waals surface area (Å²) in [5.41, 5.74) is 2.29. The van der Waals surface area contributed by atoms with Crippen molar-refractivity contribution in [1.29, 1.82) is 0 Å². The van der Waals surface area contributed by atoms with Crippen LogP contribution in [0.3, 0.4) is 0 Å². The van der Waals surface area contributed by atoms with Crippen LogP contribution in [0.5, 0.6) is 5.75 Å². The van der Waals surface area contributed by atoms with Crippen LogP contribution in [0.15, 0.2) is 29.3 Å². The van der Waals surface area contributed by atoms with Gasteiger partial charge >= 0.3 is 6.18 Å². The largest absolute Gasteiger partial charge is 0.491 e. The van der Waals surface area contributed by atoms with Gasteiger partial charge in [0, 0.05) is 31.9 Å². The van der Waals surface area contributed by atoms with Crippen molar-refractivity contribution in [2.75, 3.05) is 20.2 Å². The number of nitrogens with zero attached hydrogens (tertiary/aromatic N) is 3. The lowest BCUT2D eigenvalue weighted by Crippen LogP contribution is -2.39. The Balaban J connectivity index is 1.84. The molecule has 0 bridgehead atoms. The molecule has 0 aliphatic rings. The van der Waals surface area contributed by atoms with Gasteiger partial charge in [-0.25, -0.2) is 0 Å². The lowest BCUT2D eigenvalue weighted by atomic mass is 10.2. The summed E-state index contributed by atoms with van der Waals surface area (Å²) in [6, 6.07) is 5.16. The minimum Gasteiger partial charge on any atom is -0.491 e. The number of ether oxygens (including phenoxy) is 1. The number of alkyl halides is 3. The van der Waals surface area contributed by atoms with Crippen LogP contribution in [0.2, 0.25) is 0 Å². The van der Waals surface area contributed by atoms with Crippen LogP contribution in [-0.2, 0) is 19.8 Å². The van der Waals surface area contributed by atoms with Gasteiger partial charge in [-0.2, -0.15) is 18.3 Å². The number of aryl methyl sites for hydroxylation is 2. The fourth-order valence-electron chi connectivity index (χ4n) is 2.62. The molecule has 0 aliphatic heterocycles. The highest BCUT2D eigenvalue weighted by Gasteiger charge is 2.33. The lowest BCUT2D eigenvalue weighted by Gasteiger charge is -2.15. The number of aromatic nitrogens is 2. The van der Waals surface area contributed by atoms with Crippen LogP contribution in [-0.4, -0.2) is 35.9 Å². The topological polar surface area (TPSA) is 63.5 Å². The monoisotopic (exact) mass is 383 g/mol. The molecule has 2 rings (SSSR count). The van der Waals surface area contributed by atoms with E-state index in [4.69, 9.17) is 4.74 Å². The number of hydrogen-bond acceptors (Lipinski definition) is 3. The highest BCUT2D eigenvalue weighted by Crippen LogP contribution is 2.35. The zero-order valence-electron chi connectivity index (χ0n) is 15.8. The molecule has 9 heteroatoms. The van der Waals surface area contributed by atoms with Crippen molar-refractivity contribution in [3.8, 4) is 5.75 Å². The van der Waals surface area contributed by atoms with Crippen LogP contribution in [0.4, 0.5) is 13.2 Å². The molecule has 0 saturated heterocycles. The molecule has 0 radical (unpaired) electrons. The Morgan fingerprint density at radius 3 is 2.52 bits per heavy atom. The smallest absolute Gasteiger partial charge is 0.419 e. The normalized spacial score (nSPS) is 12.2. The van der Waals surface area contributed by atoms with E-state index in [1.807, 2.05) is 25.6 Å². The van der Waals surface area contributed by atoms with Gasteiger partial charge in [-0.05, 0) is 26.0 Å². The fourth-order valence-corrected chi connectivity index (χ4v) is 2.62. The zero-order chi connectivity index (χ0) is 20.0. The Labute approximate surface area is 156 Å². The van der Waals surface area contributed by atoms with Crippen molar-refractivity contribution in [2.24, 2.45) is 12.0 Å². The molecule has 6 nitrogen and oxygen atoms in total. The molecule has 1 aromatic heterocycles. The first-order valence-corrected chi connectivity index (χ1v) is 8.46. The summed E-state index contributed by atoms with van der Waals surface area (Å²) in [7, 11) is 3.51. The second kappa shape index (κ2) is 8.79. The van der Waals surface area contributed by atoms with E-state index in [1.165, 1.54) is 18.2 Å². The SMILES string of the molecule is CN=C(NCCOc1ccccc1C(F)(F)F)NCc1c(C)nn(C)c1C. The molecular formula is C18H24F3N5O. The van der Waals surface area contributed by atoms with Gasteiger partial charge < -0.3 is 15.4 Å². The Hall–Kier alpha value is -2.71. The van der Waals surface area contributed by atoms with Crippen LogP contribution in [0, 0.1) is 13.8 Å². The number of rotatable bonds is 6.